The number of benzene rings is 1. The molecular formula is C20H27N2O2P. The molecule has 0 aliphatic carbocycles. The van der Waals surface area contributed by atoms with Gasteiger partial charge in [0.2, 0.25) is 0 Å². The van der Waals surface area contributed by atoms with Crippen LogP contribution in [0, 0.1) is 6.92 Å². The number of likely N-dealkylation sites (tertiary alicyclic amines) is 1. The van der Waals surface area contributed by atoms with E-state index in [4.69, 9.17) is 4.84 Å². The third kappa shape index (κ3) is 5.93. The molecule has 0 saturated carbocycles. The van der Waals surface area contributed by atoms with E-state index in [0.29, 0.717) is 13.1 Å². The van der Waals surface area contributed by atoms with Gasteiger partial charge in [-0.3, -0.25) is 9.63 Å². The second kappa shape index (κ2) is 10.3. The normalized spacial score (nSPS) is 18.2. The maximum Gasteiger partial charge on any atom is 0.254 e. The first-order valence-electron chi connectivity index (χ1n) is 8.60. The maximum absolute atomic E-state index is 12.9. The zero-order chi connectivity index (χ0) is 18.1. The van der Waals surface area contributed by atoms with Crippen molar-refractivity contribution < 1.29 is 9.63 Å². The predicted octanol–water partition coefficient (Wildman–Crippen LogP) is 2.92. The van der Waals surface area contributed by atoms with Gasteiger partial charge >= 0.3 is 0 Å². The minimum absolute atomic E-state index is 0.0202. The van der Waals surface area contributed by atoms with Crippen LogP contribution in [0.15, 0.2) is 55.2 Å². The van der Waals surface area contributed by atoms with Crippen LogP contribution in [0.2, 0.25) is 0 Å². The molecule has 134 valence electrons. The van der Waals surface area contributed by atoms with Crippen LogP contribution in [0.5, 0.6) is 0 Å². The Balaban J connectivity index is 1.86. The smallest absolute Gasteiger partial charge is 0.254 e. The average molecular weight is 358 g/mol. The van der Waals surface area contributed by atoms with Crippen molar-refractivity contribution in [1.29, 1.82) is 0 Å². The van der Waals surface area contributed by atoms with Gasteiger partial charge in [-0.25, -0.2) is 0 Å². The Morgan fingerprint density at radius 2 is 2.28 bits per heavy atom. The first kappa shape index (κ1) is 19.6. The minimum atomic E-state index is 0.0202. The van der Waals surface area contributed by atoms with E-state index in [0.717, 1.165) is 35.8 Å². The second-order valence-corrected chi connectivity index (χ2v) is 6.69. The minimum Gasteiger partial charge on any atom is -0.336 e. The molecule has 0 spiro atoms. The summed E-state index contributed by atoms with van der Waals surface area (Å²) in [4.78, 5) is 20.5. The van der Waals surface area contributed by atoms with E-state index in [1.807, 2.05) is 54.3 Å². The lowest BCUT2D eigenvalue weighted by molar-refractivity contribution is -0.0499. The molecule has 1 saturated heterocycles. The molecule has 25 heavy (non-hydrogen) atoms. The number of piperidine rings is 1. The van der Waals surface area contributed by atoms with Crippen LogP contribution in [0.4, 0.5) is 0 Å². The molecule has 1 N–H and O–H groups in total. The summed E-state index contributed by atoms with van der Waals surface area (Å²) in [5.74, 6) is 0.0888. The highest BCUT2D eigenvalue weighted by atomic mass is 31.0. The summed E-state index contributed by atoms with van der Waals surface area (Å²) in [6, 6.07) is 5.91. The predicted molar refractivity (Wildman–Crippen MR) is 107 cm³/mol. The molecule has 1 amide bonds. The van der Waals surface area contributed by atoms with Gasteiger partial charge in [0.15, 0.2) is 0 Å². The Labute approximate surface area is 152 Å². The fraction of sp³-hybridized carbons (Fsp3) is 0.350. The number of carbonyl (C=O) groups is 1. The lowest BCUT2D eigenvalue weighted by atomic mass is 10.0. The van der Waals surface area contributed by atoms with Crippen molar-refractivity contribution in [3.05, 3.63) is 66.3 Å². The van der Waals surface area contributed by atoms with Crippen LogP contribution in [-0.4, -0.2) is 36.5 Å². The van der Waals surface area contributed by atoms with Gasteiger partial charge in [-0.1, -0.05) is 55.2 Å². The van der Waals surface area contributed by atoms with E-state index in [2.05, 4.69) is 21.3 Å². The molecule has 1 aliphatic rings. The van der Waals surface area contributed by atoms with Crippen molar-refractivity contribution >= 4 is 20.5 Å². The molecule has 1 aromatic carbocycles. The molecule has 0 aromatic heterocycles. The monoisotopic (exact) mass is 358 g/mol. The summed E-state index contributed by atoms with van der Waals surface area (Å²) >= 11 is 0. The van der Waals surface area contributed by atoms with Crippen LogP contribution in [0.3, 0.4) is 0 Å². The van der Waals surface area contributed by atoms with Gasteiger partial charge in [-0.15, -0.1) is 9.24 Å². The van der Waals surface area contributed by atoms with Gasteiger partial charge in [-0.05, 0) is 30.6 Å². The molecule has 2 rings (SSSR count). The van der Waals surface area contributed by atoms with Gasteiger partial charge in [0.05, 0.1) is 6.10 Å². The summed E-state index contributed by atoms with van der Waals surface area (Å²) in [7, 11) is 2.66. The van der Waals surface area contributed by atoms with Crippen molar-refractivity contribution in [2.75, 3.05) is 19.6 Å². The van der Waals surface area contributed by atoms with Crippen molar-refractivity contribution in [2.24, 2.45) is 0 Å². The van der Waals surface area contributed by atoms with Crippen LogP contribution >= 0.6 is 9.24 Å². The van der Waals surface area contributed by atoms with E-state index >= 15 is 0 Å². The van der Waals surface area contributed by atoms with E-state index < -0.39 is 0 Å². The van der Waals surface area contributed by atoms with Gasteiger partial charge in [0.1, 0.15) is 0 Å². The molecule has 0 radical (unpaired) electrons. The molecule has 2 atom stereocenters. The zero-order valence-corrected chi connectivity index (χ0v) is 15.9. The quantitative estimate of drug-likeness (QED) is 0.353. The van der Waals surface area contributed by atoms with Gasteiger partial charge in [-0.2, -0.15) is 5.48 Å². The van der Waals surface area contributed by atoms with E-state index in [1.165, 1.54) is 0 Å². The van der Waals surface area contributed by atoms with E-state index in [9.17, 15) is 4.79 Å². The summed E-state index contributed by atoms with van der Waals surface area (Å²) in [6.45, 7) is 7.62. The summed E-state index contributed by atoms with van der Waals surface area (Å²) in [5.41, 5.74) is 4.77. The summed E-state index contributed by atoms with van der Waals surface area (Å²) < 4.78 is 0. The Kier molecular flexibility index (Phi) is 8.07. The molecule has 4 nitrogen and oxygen atoms in total. The Morgan fingerprint density at radius 1 is 1.44 bits per heavy atom. The third-order valence-electron chi connectivity index (χ3n) is 4.13. The zero-order valence-electron chi connectivity index (χ0n) is 14.8. The highest BCUT2D eigenvalue weighted by Gasteiger charge is 2.26. The number of hydrogen-bond acceptors (Lipinski definition) is 3. The number of rotatable bonds is 7. The molecular weight excluding hydrogens is 331 g/mol. The number of hydrogen-bond donors (Lipinski definition) is 1. The highest BCUT2D eigenvalue weighted by molar-refractivity contribution is 7.27. The average Bonchev–Trinajstić information content (AvgIpc) is 2.61. The molecule has 1 heterocycles. The fourth-order valence-electron chi connectivity index (χ4n) is 2.86. The second-order valence-electron chi connectivity index (χ2n) is 6.07. The molecule has 1 fully saturated rings. The van der Waals surface area contributed by atoms with Crippen molar-refractivity contribution in [3.8, 4) is 0 Å². The Morgan fingerprint density at radius 3 is 3.04 bits per heavy atom. The number of nitrogens with zero attached hydrogens (tertiary/aromatic N) is 1. The molecule has 1 aliphatic heterocycles. The topological polar surface area (TPSA) is 41.6 Å². The van der Waals surface area contributed by atoms with E-state index in [1.54, 1.807) is 6.08 Å². The number of carbonyl (C=O) groups excluding carboxylic acids is 1. The van der Waals surface area contributed by atoms with Crippen molar-refractivity contribution in [2.45, 2.75) is 25.9 Å². The van der Waals surface area contributed by atoms with Crippen LogP contribution in [0.1, 0.15) is 28.8 Å². The van der Waals surface area contributed by atoms with Crippen molar-refractivity contribution in [3.63, 3.8) is 0 Å². The summed E-state index contributed by atoms with van der Waals surface area (Å²) in [5, 5.41) is 0.948. The van der Waals surface area contributed by atoms with Gasteiger partial charge < -0.3 is 4.90 Å². The standard InChI is InChI=1S/C20H27N2O2P/c1-3-4-5-6-7-13-21-24-17-11-9-14-22(15-17)20(23)19-16(2)10-8-12-18(19)25/h3-8,10,12,17,21H,1,9,11,13-15,25H2,2H3/b5-4-,7-6-. The van der Waals surface area contributed by atoms with Crippen LogP contribution in [-0.2, 0) is 4.84 Å². The molecule has 5 heteroatoms. The lowest BCUT2D eigenvalue weighted by Crippen LogP contribution is -2.45. The van der Waals surface area contributed by atoms with Gasteiger partial charge in [0.25, 0.3) is 5.91 Å². The number of allylic oxidation sites excluding steroid dienone is 4. The number of nitrogens with one attached hydrogen (secondary N) is 1. The summed E-state index contributed by atoms with van der Waals surface area (Å²) in [6.07, 6.45) is 11.4. The van der Waals surface area contributed by atoms with Crippen LogP contribution < -0.4 is 10.8 Å². The SMILES string of the molecule is C=C/C=C\C=C/CNOC1CCCN(C(=O)c2c(C)cccc2P)C1. The van der Waals surface area contributed by atoms with Gasteiger partial charge in [0, 0.05) is 25.2 Å². The Bertz CT molecular complexity index is 635. The highest BCUT2D eigenvalue weighted by Crippen LogP contribution is 2.17. The number of hydroxylamine groups is 1. The first-order chi connectivity index (χ1) is 12.1. The largest absolute Gasteiger partial charge is 0.336 e. The third-order valence-corrected chi connectivity index (χ3v) is 4.61. The Hall–Kier alpha value is -1.74. The molecule has 2 unspecified atom stereocenters. The van der Waals surface area contributed by atoms with E-state index in [-0.39, 0.29) is 12.0 Å². The maximum atomic E-state index is 12.9. The van der Waals surface area contributed by atoms with Crippen molar-refractivity contribution in [1.82, 2.24) is 10.4 Å². The lowest BCUT2D eigenvalue weighted by Gasteiger charge is -2.33. The number of amides is 1. The number of aryl methyl sites for hydroxylation is 1. The fourth-order valence-corrected chi connectivity index (χ4v) is 3.33. The molecule has 0 bridgehead atoms. The first-order valence-corrected chi connectivity index (χ1v) is 9.18. The van der Waals surface area contributed by atoms with Crippen LogP contribution in [0.25, 0.3) is 0 Å². The molecule has 1 aromatic rings.